The molecule has 1 aromatic rings. The van der Waals surface area contributed by atoms with Gasteiger partial charge in [0.15, 0.2) is 0 Å². The Balaban J connectivity index is 1.53. The molecule has 1 aromatic carbocycles. The molecular weight excluding hydrogens is 382 g/mol. The summed E-state index contributed by atoms with van der Waals surface area (Å²) in [6.45, 7) is 6.02. The first kappa shape index (κ1) is 21.0. The van der Waals surface area contributed by atoms with E-state index < -0.39 is 0 Å². The van der Waals surface area contributed by atoms with Gasteiger partial charge in [-0.05, 0) is 30.7 Å². The Bertz CT molecular complexity index is 789. The molecule has 1 unspecified atom stereocenters. The van der Waals surface area contributed by atoms with E-state index in [1.54, 1.807) is 0 Å². The summed E-state index contributed by atoms with van der Waals surface area (Å²) in [7, 11) is 0. The minimum absolute atomic E-state index is 0.107. The highest BCUT2D eigenvalue weighted by Crippen LogP contribution is 2.34. The van der Waals surface area contributed by atoms with E-state index in [0.29, 0.717) is 24.4 Å². The molecule has 1 atom stereocenters. The van der Waals surface area contributed by atoms with E-state index in [0.717, 1.165) is 64.2 Å². The number of imide groups is 1. The number of aliphatic hydroxyl groups is 1. The van der Waals surface area contributed by atoms with Crippen molar-refractivity contribution >= 4 is 17.4 Å². The van der Waals surface area contributed by atoms with Gasteiger partial charge in [0.05, 0.1) is 18.8 Å². The Kier molecular flexibility index (Phi) is 6.82. The first-order chi connectivity index (χ1) is 14.7. The monoisotopic (exact) mass is 413 g/mol. The summed E-state index contributed by atoms with van der Waals surface area (Å²) < 4.78 is 5.39. The van der Waals surface area contributed by atoms with Crippen LogP contribution in [0.3, 0.4) is 0 Å². The van der Waals surface area contributed by atoms with Crippen LogP contribution in [0.15, 0.2) is 36.0 Å². The highest BCUT2D eigenvalue weighted by molar-refractivity contribution is 6.35. The lowest BCUT2D eigenvalue weighted by atomic mass is 9.97. The molecule has 0 aliphatic carbocycles. The van der Waals surface area contributed by atoms with E-state index in [1.807, 2.05) is 35.2 Å². The molecule has 0 aromatic heterocycles. The summed E-state index contributed by atoms with van der Waals surface area (Å²) in [6, 6.07) is 9.49. The molecule has 4 rings (SSSR count). The average molecular weight is 414 g/mol. The molecule has 2 saturated heterocycles. The fraction of sp³-hybridized carbons (Fsp3) is 0.565. The Labute approximate surface area is 177 Å². The summed E-state index contributed by atoms with van der Waals surface area (Å²) in [5.74, 6) is -0.254. The fourth-order valence-corrected chi connectivity index (χ4v) is 4.62. The van der Waals surface area contributed by atoms with Gasteiger partial charge in [0.2, 0.25) is 0 Å². The average Bonchev–Trinajstić information content (AvgIpc) is 3.05. The number of ether oxygens (including phenoxy) is 1. The van der Waals surface area contributed by atoms with Gasteiger partial charge in [0.1, 0.15) is 5.70 Å². The van der Waals surface area contributed by atoms with Crippen LogP contribution < -0.4 is 0 Å². The Morgan fingerprint density at radius 1 is 1.00 bits per heavy atom. The topological polar surface area (TPSA) is 73.3 Å². The van der Waals surface area contributed by atoms with Gasteiger partial charge in [-0.1, -0.05) is 30.3 Å². The van der Waals surface area contributed by atoms with Crippen LogP contribution in [0, 0.1) is 5.92 Å². The first-order valence-electron chi connectivity index (χ1n) is 11.0. The van der Waals surface area contributed by atoms with Crippen LogP contribution >= 0.6 is 0 Å². The molecule has 3 aliphatic rings. The van der Waals surface area contributed by atoms with Gasteiger partial charge in [0, 0.05) is 45.9 Å². The van der Waals surface area contributed by atoms with E-state index in [1.165, 1.54) is 4.90 Å². The lowest BCUT2D eigenvalue weighted by Crippen LogP contribution is -2.42. The van der Waals surface area contributed by atoms with Crippen molar-refractivity contribution < 1.29 is 19.4 Å². The van der Waals surface area contributed by atoms with Crippen LogP contribution in [0.4, 0.5) is 0 Å². The van der Waals surface area contributed by atoms with Gasteiger partial charge < -0.3 is 14.7 Å². The molecule has 7 heteroatoms. The van der Waals surface area contributed by atoms with E-state index in [9.17, 15) is 14.7 Å². The summed E-state index contributed by atoms with van der Waals surface area (Å²) in [6.07, 6.45) is 2.62. The molecule has 2 fully saturated rings. The van der Waals surface area contributed by atoms with Gasteiger partial charge in [-0.2, -0.15) is 0 Å². The van der Waals surface area contributed by atoms with Crippen LogP contribution in [0.25, 0.3) is 5.57 Å². The van der Waals surface area contributed by atoms with Crippen molar-refractivity contribution in [3.05, 3.63) is 41.6 Å². The predicted molar refractivity (Wildman–Crippen MR) is 113 cm³/mol. The normalized spacial score (nSPS) is 23.6. The number of morpholine rings is 1. The van der Waals surface area contributed by atoms with E-state index in [-0.39, 0.29) is 24.3 Å². The summed E-state index contributed by atoms with van der Waals surface area (Å²) in [5.41, 5.74) is 1.80. The number of carbonyl (C=O) groups excluding carboxylic acids is 2. The van der Waals surface area contributed by atoms with Gasteiger partial charge in [-0.3, -0.25) is 19.4 Å². The van der Waals surface area contributed by atoms with Crippen LogP contribution in [-0.2, 0) is 14.3 Å². The zero-order valence-corrected chi connectivity index (χ0v) is 17.5. The maximum Gasteiger partial charge on any atom is 0.277 e. The number of hydrogen-bond donors (Lipinski definition) is 1. The third-order valence-corrected chi connectivity index (χ3v) is 6.26. The van der Waals surface area contributed by atoms with Gasteiger partial charge in [-0.15, -0.1) is 0 Å². The lowest BCUT2D eigenvalue weighted by Gasteiger charge is -2.34. The van der Waals surface area contributed by atoms with E-state index in [4.69, 9.17) is 4.74 Å². The number of nitrogens with zero attached hydrogens (tertiary/aromatic N) is 3. The highest BCUT2D eigenvalue weighted by atomic mass is 16.5. The van der Waals surface area contributed by atoms with E-state index in [2.05, 4.69) is 4.90 Å². The number of amides is 2. The Morgan fingerprint density at radius 2 is 1.77 bits per heavy atom. The third kappa shape index (κ3) is 4.43. The van der Waals surface area contributed by atoms with Crippen molar-refractivity contribution in [2.45, 2.75) is 19.3 Å². The summed E-state index contributed by atoms with van der Waals surface area (Å²) in [4.78, 5) is 32.5. The Hall–Kier alpha value is -2.22. The minimum Gasteiger partial charge on any atom is -0.396 e. The summed E-state index contributed by atoms with van der Waals surface area (Å²) >= 11 is 0. The van der Waals surface area contributed by atoms with Crippen molar-refractivity contribution in [3.8, 4) is 0 Å². The predicted octanol–water partition coefficient (Wildman–Crippen LogP) is 1.19. The maximum absolute atomic E-state index is 13.4. The molecule has 0 saturated carbocycles. The highest BCUT2D eigenvalue weighted by Gasteiger charge is 2.42. The van der Waals surface area contributed by atoms with Crippen molar-refractivity contribution in [2.24, 2.45) is 5.92 Å². The minimum atomic E-state index is -0.200. The van der Waals surface area contributed by atoms with Crippen molar-refractivity contribution in [2.75, 3.05) is 59.1 Å². The molecule has 30 heavy (non-hydrogen) atoms. The molecule has 0 radical (unpaired) electrons. The molecule has 1 N–H and O–H groups in total. The number of likely N-dealkylation sites (tertiary alicyclic amines) is 1. The zero-order chi connectivity index (χ0) is 20.9. The van der Waals surface area contributed by atoms with Gasteiger partial charge >= 0.3 is 0 Å². The lowest BCUT2D eigenvalue weighted by molar-refractivity contribution is -0.137. The number of benzene rings is 1. The number of piperidine rings is 1. The second-order valence-electron chi connectivity index (χ2n) is 8.30. The van der Waals surface area contributed by atoms with Crippen LogP contribution in [0.1, 0.15) is 24.8 Å². The second kappa shape index (κ2) is 9.73. The number of carbonyl (C=O) groups is 2. The van der Waals surface area contributed by atoms with Gasteiger partial charge in [0.25, 0.3) is 11.8 Å². The quantitative estimate of drug-likeness (QED) is 0.677. The smallest absolute Gasteiger partial charge is 0.277 e. The number of aliphatic hydroxyl groups excluding tert-OH is 1. The van der Waals surface area contributed by atoms with Crippen LogP contribution in [0.2, 0.25) is 0 Å². The molecule has 0 bridgehead atoms. The second-order valence-corrected chi connectivity index (χ2v) is 8.30. The molecule has 0 spiro atoms. The van der Waals surface area contributed by atoms with Crippen LogP contribution in [0.5, 0.6) is 0 Å². The standard InChI is InChI=1S/C23H31N3O4/c27-17-18-6-4-10-25(16-18)21-20(19-7-2-1-3-8-19)22(28)26(23(21)29)11-5-9-24-12-14-30-15-13-24/h1-3,7-8,18,27H,4-6,9-17H2. The number of rotatable bonds is 7. The van der Waals surface area contributed by atoms with Crippen LogP contribution in [-0.4, -0.2) is 90.7 Å². The Morgan fingerprint density at radius 3 is 2.50 bits per heavy atom. The zero-order valence-electron chi connectivity index (χ0n) is 17.5. The van der Waals surface area contributed by atoms with Crippen molar-refractivity contribution in [1.29, 1.82) is 0 Å². The van der Waals surface area contributed by atoms with Gasteiger partial charge in [-0.25, -0.2) is 0 Å². The molecule has 3 heterocycles. The van der Waals surface area contributed by atoms with Crippen molar-refractivity contribution in [1.82, 2.24) is 14.7 Å². The third-order valence-electron chi connectivity index (χ3n) is 6.26. The SMILES string of the molecule is O=C1C(c2ccccc2)=C(N2CCCC(CO)C2)C(=O)N1CCCN1CCOCC1. The van der Waals surface area contributed by atoms with E-state index >= 15 is 0 Å². The molecular formula is C23H31N3O4. The largest absolute Gasteiger partial charge is 0.396 e. The molecule has 2 amide bonds. The number of hydrogen-bond acceptors (Lipinski definition) is 6. The first-order valence-corrected chi connectivity index (χ1v) is 11.0. The molecule has 7 nitrogen and oxygen atoms in total. The molecule has 3 aliphatic heterocycles. The maximum atomic E-state index is 13.4. The summed E-state index contributed by atoms with van der Waals surface area (Å²) in [5, 5.41) is 9.63. The fourth-order valence-electron chi connectivity index (χ4n) is 4.62. The molecule has 162 valence electrons. The van der Waals surface area contributed by atoms with Crippen molar-refractivity contribution in [3.63, 3.8) is 0 Å².